The van der Waals surface area contributed by atoms with E-state index >= 15 is 0 Å². The van der Waals surface area contributed by atoms with Crippen molar-refractivity contribution < 1.29 is 0 Å². The lowest BCUT2D eigenvalue weighted by atomic mass is 9.99. The molecular formula is C14H14ClNS. The van der Waals surface area contributed by atoms with Crippen LogP contribution in [0.2, 0.25) is 5.02 Å². The Balaban J connectivity index is 2.44. The summed E-state index contributed by atoms with van der Waals surface area (Å²) in [5.41, 5.74) is 8.38. The maximum atomic E-state index is 6.30. The van der Waals surface area contributed by atoms with Gasteiger partial charge in [0, 0.05) is 9.92 Å². The quantitative estimate of drug-likeness (QED) is 0.844. The van der Waals surface area contributed by atoms with Gasteiger partial charge in [0.1, 0.15) is 0 Å². The van der Waals surface area contributed by atoms with Crippen LogP contribution in [0.15, 0.2) is 53.4 Å². The van der Waals surface area contributed by atoms with Crippen LogP contribution in [0.1, 0.15) is 17.2 Å². The maximum Gasteiger partial charge on any atom is 0.0577 e. The van der Waals surface area contributed by atoms with E-state index in [4.69, 9.17) is 17.3 Å². The van der Waals surface area contributed by atoms with Crippen molar-refractivity contribution in [1.29, 1.82) is 0 Å². The van der Waals surface area contributed by atoms with Crippen LogP contribution in [0.5, 0.6) is 0 Å². The van der Waals surface area contributed by atoms with Gasteiger partial charge >= 0.3 is 0 Å². The van der Waals surface area contributed by atoms with Gasteiger partial charge in [0.2, 0.25) is 0 Å². The highest BCUT2D eigenvalue weighted by Crippen LogP contribution is 2.31. The van der Waals surface area contributed by atoms with Gasteiger partial charge in [-0.3, -0.25) is 0 Å². The van der Waals surface area contributed by atoms with Crippen LogP contribution in [0, 0.1) is 0 Å². The molecule has 2 N–H and O–H groups in total. The summed E-state index contributed by atoms with van der Waals surface area (Å²) in [7, 11) is 0. The van der Waals surface area contributed by atoms with Gasteiger partial charge in [0.15, 0.2) is 0 Å². The molecule has 17 heavy (non-hydrogen) atoms. The van der Waals surface area contributed by atoms with Crippen LogP contribution in [-0.2, 0) is 0 Å². The number of nitrogens with two attached hydrogens (primary N) is 1. The normalized spacial score (nSPS) is 12.4. The first kappa shape index (κ1) is 12.5. The highest BCUT2D eigenvalue weighted by atomic mass is 35.5. The van der Waals surface area contributed by atoms with Gasteiger partial charge in [-0.1, -0.05) is 48.0 Å². The topological polar surface area (TPSA) is 26.0 Å². The van der Waals surface area contributed by atoms with Gasteiger partial charge in [0.05, 0.1) is 6.04 Å². The Kier molecular flexibility index (Phi) is 4.11. The lowest BCUT2D eigenvalue weighted by Crippen LogP contribution is -2.13. The summed E-state index contributed by atoms with van der Waals surface area (Å²) >= 11 is 7.88. The van der Waals surface area contributed by atoms with E-state index in [1.54, 1.807) is 11.8 Å². The van der Waals surface area contributed by atoms with E-state index in [1.165, 1.54) is 4.90 Å². The van der Waals surface area contributed by atoms with Crippen LogP contribution in [0.25, 0.3) is 0 Å². The lowest BCUT2D eigenvalue weighted by molar-refractivity contribution is 0.848. The molecule has 1 atom stereocenters. The first-order chi connectivity index (χ1) is 8.24. The maximum absolute atomic E-state index is 6.30. The van der Waals surface area contributed by atoms with Crippen LogP contribution < -0.4 is 5.73 Å². The first-order valence-electron chi connectivity index (χ1n) is 5.37. The van der Waals surface area contributed by atoms with E-state index in [1.807, 2.05) is 36.4 Å². The second-order valence-electron chi connectivity index (χ2n) is 3.74. The van der Waals surface area contributed by atoms with Gasteiger partial charge < -0.3 is 5.73 Å². The molecule has 0 radical (unpaired) electrons. The van der Waals surface area contributed by atoms with Crippen molar-refractivity contribution in [1.82, 2.24) is 0 Å². The van der Waals surface area contributed by atoms with E-state index in [0.29, 0.717) is 0 Å². The van der Waals surface area contributed by atoms with Gasteiger partial charge in [-0.2, -0.15) is 0 Å². The third-order valence-corrected chi connectivity index (χ3v) is 3.87. The molecule has 0 heterocycles. The zero-order chi connectivity index (χ0) is 12.3. The fourth-order valence-corrected chi connectivity index (χ4v) is 2.72. The van der Waals surface area contributed by atoms with E-state index < -0.39 is 0 Å². The van der Waals surface area contributed by atoms with Crippen LogP contribution in [0.3, 0.4) is 0 Å². The van der Waals surface area contributed by atoms with Gasteiger partial charge in [-0.15, -0.1) is 11.8 Å². The molecule has 0 aliphatic heterocycles. The summed E-state index contributed by atoms with van der Waals surface area (Å²) in [5, 5.41) is 0.718. The fourth-order valence-electron chi connectivity index (χ4n) is 1.82. The Bertz CT molecular complexity index is 513. The average Bonchev–Trinajstić information content (AvgIpc) is 2.38. The molecule has 1 nitrogen and oxygen atoms in total. The largest absolute Gasteiger partial charge is 0.320 e. The zero-order valence-corrected chi connectivity index (χ0v) is 11.1. The second kappa shape index (κ2) is 5.58. The van der Waals surface area contributed by atoms with Crippen molar-refractivity contribution in [2.24, 2.45) is 5.73 Å². The Morgan fingerprint density at radius 3 is 2.24 bits per heavy atom. The Labute approximate surface area is 111 Å². The number of hydrogen-bond acceptors (Lipinski definition) is 2. The van der Waals surface area contributed by atoms with E-state index in [0.717, 1.165) is 16.1 Å². The van der Waals surface area contributed by atoms with Crippen molar-refractivity contribution in [3.05, 3.63) is 64.7 Å². The Morgan fingerprint density at radius 1 is 1.00 bits per heavy atom. The minimum absolute atomic E-state index is 0.174. The monoisotopic (exact) mass is 263 g/mol. The molecule has 88 valence electrons. The standard InChI is InChI=1S/C14H14ClNS/c1-17-13-9-5-3-7-11(13)14(16)10-6-2-4-8-12(10)15/h2-9,14H,16H2,1H3. The van der Waals surface area contributed by atoms with E-state index in [2.05, 4.69) is 18.4 Å². The summed E-state index contributed by atoms with van der Waals surface area (Å²) < 4.78 is 0. The smallest absolute Gasteiger partial charge is 0.0577 e. The molecule has 0 saturated heterocycles. The van der Waals surface area contributed by atoms with Crippen molar-refractivity contribution in [2.75, 3.05) is 6.26 Å². The number of thioether (sulfide) groups is 1. The fraction of sp³-hybridized carbons (Fsp3) is 0.143. The number of hydrogen-bond donors (Lipinski definition) is 1. The number of rotatable bonds is 3. The predicted molar refractivity (Wildman–Crippen MR) is 75.7 cm³/mol. The minimum atomic E-state index is -0.174. The molecule has 0 amide bonds. The molecule has 2 aromatic carbocycles. The Hall–Kier alpha value is -0.960. The van der Waals surface area contributed by atoms with E-state index in [-0.39, 0.29) is 6.04 Å². The molecule has 0 aromatic heterocycles. The van der Waals surface area contributed by atoms with Crippen molar-refractivity contribution >= 4 is 23.4 Å². The zero-order valence-electron chi connectivity index (χ0n) is 9.56. The average molecular weight is 264 g/mol. The summed E-state index contributed by atoms with van der Waals surface area (Å²) in [6, 6.07) is 15.7. The number of benzene rings is 2. The SMILES string of the molecule is CSc1ccccc1C(N)c1ccccc1Cl. The lowest BCUT2D eigenvalue weighted by Gasteiger charge is -2.16. The molecule has 2 aromatic rings. The summed E-state index contributed by atoms with van der Waals surface area (Å²) in [5.74, 6) is 0. The van der Waals surface area contributed by atoms with Crippen molar-refractivity contribution in [3.63, 3.8) is 0 Å². The van der Waals surface area contributed by atoms with Crippen LogP contribution in [0.4, 0.5) is 0 Å². The van der Waals surface area contributed by atoms with E-state index in [9.17, 15) is 0 Å². The molecule has 0 aliphatic carbocycles. The minimum Gasteiger partial charge on any atom is -0.320 e. The molecule has 0 spiro atoms. The molecule has 3 heteroatoms. The van der Waals surface area contributed by atoms with Crippen molar-refractivity contribution in [2.45, 2.75) is 10.9 Å². The van der Waals surface area contributed by atoms with Gasteiger partial charge in [0.25, 0.3) is 0 Å². The summed E-state index contributed by atoms with van der Waals surface area (Å²) in [6.07, 6.45) is 2.05. The highest BCUT2D eigenvalue weighted by molar-refractivity contribution is 7.98. The molecule has 0 saturated carbocycles. The third-order valence-electron chi connectivity index (χ3n) is 2.71. The Morgan fingerprint density at radius 2 is 1.59 bits per heavy atom. The first-order valence-corrected chi connectivity index (χ1v) is 6.97. The molecule has 0 bridgehead atoms. The predicted octanol–water partition coefficient (Wildman–Crippen LogP) is 4.11. The van der Waals surface area contributed by atoms with Gasteiger partial charge in [-0.05, 0) is 29.5 Å². The summed E-state index contributed by atoms with van der Waals surface area (Å²) in [4.78, 5) is 1.19. The summed E-state index contributed by atoms with van der Waals surface area (Å²) in [6.45, 7) is 0. The van der Waals surface area contributed by atoms with Gasteiger partial charge in [-0.25, -0.2) is 0 Å². The second-order valence-corrected chi connectivity index (χ2v) is 5.00. The molecular weight excluding hydrogens is 250 g/mol. The molecule has 0 fully saturated rings. The molecule has 2 rings (SSSR count). The third kappa shape index (κ3) is 2.65. The molecule has 1 unspecified atom stereocenters. The highest BCUT2D eigenvalue weighted by Gasteiger charge is 2.14. The van der Waals surface area contributed by atoms with Crippen molar-refractivity contribution in [3.8, 4) is 0 Å². The van der Waals surface area contributed by atoms with Crippen LogP contribution in [-0.4, -0.2) is 6.26 Å². The van der Waals surface area contributed by atoms with Crippen LogP contribution >= 0.6 is 23.4 Å². The number of halogens is 1. The molecule has 0 aliphatic rings.